The standard InChI is InChI=1S/C17H17NO2/c1-2-20-15-10-11-16(17(19)13-15)18-12-6-9-14-7-4-3-5-8-14/h3-13,19H,2H2,1H3/b9-6-,18-12?. The molecule has 0 aliphatic carbocycles. The van der Waals surface area contributed by atoms with Gasteiger partial charge < -0.3 is 9.84 Å². The normalized spacial score (nSPS) is 11.2. The molecule has 0 radical (unpaired) electrons. The van der Waals surface area contributed by atoms with E-state index >= 15 is 0 Å². The van der Waals surface area contributed by atoms with Crippen molar-refractivity contribution in [3.63, 3.8) is 0 Å². The van der Waals surface area contributed by atoms with Crippen LogP contribution in [-0.2, 0) is 0 Å². The fourth-order valence-electron chi connectivity index (χ4n) is 1.71. The molecule has 0 bridgehead atoms. The number of hydrogen-bond acceptors (Lipinski definition) is 3. The van der Waals surface area contributed by atoms with Gasteiger partial charge in [-0.05, 0) is 30.7 Å². The molecule has 2 rings (SSSR count). The van der Waals surface area contributed by atoms with E-state index in [1.54, 1.807) is 24.4 Å². The van der Waals surface area contributed by atoms with Crippen LogP contribution in [0.3, 0.4) is 0 Å². The van der Waals surface area contributed by atoms with Gasteiger partial charge in [0.1, 0.15) is 17.2 Å². The molecule has 3 nitrogen and oxygen atoms in total. The number of hydrogen-bond donors (Lipinski definition) is 1. The minimum absolute atomic E-state index is 0.111. The minimum Gasteiger partial charge on any atom is -0.506 e. The first-order valence-electron chi connectivity index (χ1n) is 6.51. The first-order valence-corrected chi connectivity index (χ1v) is 6.51. The highest BCUT2D eigenvalue weighted by Gasteiger charge is 2.00. The van der Waals surface area contributed by atoms with Crippen molar-refractivity contribution in [2.24, 2.45) is 4.99 Å². The fraction of sp³-hybridized carbons (Fsp3) is 0.118. The van der Waals surface area contributed by atoms with Gasteiger partial charge in [0.25, 0.3) is 0 Å². The number of aliphatic imine (C=N–C) groups is 1. The van der Waals surface area contributed by atoms with E-state index in [1.165, 1.54) is 0 Å². The summed E-state index contributed by atoms with van der Waals surface area (Å²) in [6.07, 6.45) is 5.45. The molecule has 0 spiro atoms. The van der Waals surface area contributed by atoms with Crippen LogP contribution in [0.1, 0.15) is 12.5 Å². The SMILES string of the molecule is CCOc1ccc(N=C/C=C\c2ccccc2)c(O)c1. The Kier molecular flexibility index (Phi) is 4.95. The Labute approximate surface area is 118 Å². The van der Waals surface area contributed by atoms with E-state index < -0.39 is 0 Å². The highest BCUT2D eigenvalue weighted by atomic mass is 16.5. The number of phenolic OH excluding ortho intramolecular Hbond substituents is 1. The van der Waals surface area contributed by atoms with Crippen LogP contribution in [0.25, 0.3) is 6.08 Å². The molecule has 0 saturated carbocycles. The third kappa shape index (κ3) is 3.99. The van der Waals surface area contributed by atoms with E-state index in [2.05, 4.69) is 4.99 Å². The molecule has 0 fully saturated rings. The molecule has 0 unspecified atom stereocenters. The Balaban J connectivity index is 2.03. The number of allylic oxidation sites excluding steroid dienone is 1. The summed E-state index contributed by atoms with van der Waals surface area (Å²) in [6.45, 7) is 2.47. The van der Waals surface area contributed by atoms with E-state index in [0.29, 0.717) is 18.0 Å². The van der Waals surface area contributed by atoms with E-state index in [9.17, 15) is 5.11 Å². The van der Waals surface area contributed by atoms with E-state index in [4.69, 9.17) is 4.74 Å². The molecule has 0 aliphatic rings. The van der Waals surface area contributed by atoms with Crippen molar-refractivity contribution in [1.82, 2.24) is 0 Å². The van der Waals surface area contributed by atoms with Gasteiger partial charge in [0, 0.05) is 12.3 Å². The third-order valence-corrected chi connectivity index (χ3v) is 2.65. The molecule has 2 aromatic carbocycles. The van der Waals surface area contributed by atoms with E-state index in [-0.39, 0.29) is 5.75 Å². The lowest BCUT2D eigenvalue weighted by molar-refractivity contribution is 0.338. The second-order valence-corrected chi connectivity index (χ2v) is 4.13. The maximum atomic E-state index is 9.82. The van der Waals surface area contributed by atoms with Crippen LogP contribution in [0.15, 0.2) is 59.6 Å². The van der Waals surface area contributed by atoms with Crippen LogP contribution in [0.4, 0.5) is 5.69 Å². The maximum Gasteiger partial charge on any atom is 0.144 e. The summed E-state index contributed by atoms with van der Waals surface area (Å²) in [5.41, 5.74) is 1.63. The van der Waals surface area contributed by atoms with Gasteiger partial charge in [0.15, 0.2) is 0 Å². The molecule has 0 heterocycles. The van der Waals surface area contributed by atoms with Crippen molar-refractivity contribution in [3.05, 3.63) is 60.2 Å². The molecule has 3 heteroatoms. The number of benzene rings is 2. The molecule has 0 saturated heterocycles. The van der Waals surface area contributed by atoms with Gasteiger partial charge in [0.2, 0.25) is 0 Å². The van der Waals surface area contributed by atoms with E-state index in [1.807, 2.05) is 49.4 Å². The summed E-state index contributed by atoms with van der Waals surface area (Å²) >= 11 is 0. The van der Waals surface area contributed by atoms with Crippen LogP contribution in [-0.4, -0.2) is 17.9 Å². The van der Waals surface area contributed by atoms with Crippen LogP contribution in [0, 0.1) is 0 Å². The third-order valence-electron chi connectivity index (χ3n) is 2.65. The summed E-state index contributed by atoms with van der Waals surface area (Å²) in [6, 6.07) is 15.0. The average Bonchev–Trinajstić information content (AvgIpc) is 2.47. The van der Waals surface area contributed by atoms with Gasteiger partial charge in [0.05, 0.1) is 6.61 Å². The predicted octanol–water partition coefficient (Wildman–Crippen LogP) is 4.21. The van der Waals surface area contributed by atoms with Gasteiger partial charge in [-0.2, -0.15) is 0 Å². The molecule has 20 heavy (non-hydrogen) atoms. The Morgan fingerprint density at radius 1 is 1.15 bits per heavy atom. The Hall–Kier alpha value is -2.55. The number of rotatable bonds is 5. The van der Waals surface area contributed by atoms with Crippen molar-refractivity contribution in [1.29, 1.82) is 0 Å². The molecule has 102 valence electrons. The highest BCUT2D eigenvalue weighted by molar-refractivity contribution is 5.81. The number of phenols is 1. The molecular weight excluding hydrogens is 250 g/mol. The summed E-state index contributed by atoms with van der Waals surface area (Å²) in [5, 5.41) is 9.82. The minimum atomic E-state index is 0.111. The first kappa shape index (κ1) is 13.9. The van der Waals surface area contributed by atoms with Gasteiger partial charge in [-0.1, -0.05) is 36.4 Å². The molecule has 0 amide bonds. The molecule has 1 N–H and O–H groups in total. The van der Waals surface area contributed by atoms with Crippen molar-refractivity contribution in [3.8, 4) is 11.5 Å². The monoisotopic (exact) mass is 267 g/mol. The predicted molar refractivity (Wildman–Crippen MR) is 82.9 cm³/mol. The van der Waals surface area contributed by atoms with Crippen molar-refractivity contribution < 1.29 is 9.84 Å². The lowest BCUT2D eigenvalue weighted by Gasteiger charge is -2.04. The van der Waals surface area contributed by atoms with Gasteiger partial charge in [-0.15, -0.1) is 0 Å². The fourth-order valence-corrected chi connectivity index (χ4v) is 1.71. The average molecular weight is 267 g/mol. The molecular formula is C17H17NO2. The van der Waals surface area contributed by atoms with Gasteiger partial charge >= 0.3 is 0 Å². The zero-order valence-corrected chi connectivity index (χ0v) is 11.4. The highest BCUT2D eigenvalue weighted by Crippen LogP contribution is 2.30. The number of aromatic hydroxyl groups is 1. The van der Waals surface area contributed by atoms with Crippen molar-refractivity contribution in [2.75, 3.05) is 6.61 Å². The van der Waals surface area contributed by atoms with Crippen LogP contribution in [0.2, 0.25) is 0 Å². The van der Waals surface area contributed by atoms with Crippen molar-refractivity contribution >= 4 is 18.0 Å². The van der Waals surface area contributed by atoms with Crippen LogP contribution >= 0.6 is 0 Å². The summed E-state index contributed by atoms with van der Waals surface area (Å²) in [5.74, 6) is 0.754. The lowest BCUT2D eigenvalue weighted by Crippen LogP contribution is -1.90. The van der Waals surface area contributed by atoms with Gasteiger partial charge in [-0.25, -0.2) is 0 Å². The molecule has 0 atom stereocenters. The van der Waals surface area contributed by atoms with Gasteiger partial charge in [-0.3, -0.25) is 4.99 Å². The molecule has 0 aromatic heterocycles. The lowest BCUT2D eigenvalue weighted by atomic mass is 10.2. The molecule has 0 aliphatic heterocycles. The number of ether oxygens (including phenoxy) is 1. The Morgan fingerprint density at radius 3 is 2.65 bits per heavy atom. The summed E-state index contributed by atoms with van der Waals surface area (Å²) in [4.78, 5) is 4.20. The smallest absolute Gasteiger partial charge is 0.144 e. The Morgan fingerprint density at radius 2 is 1.95 bits per heavy atom. The molecule has 2 aromatic rings. The summed E-state index contributed by atoms with van der Waals surface area (Å²) in [7, 11) is 0. The topological polar surface area (TPSA) is 41.8 Å². The largest absolute Gasteiger partial charge is 0.506 e. The zero-order chi connectivity index (χ0) is 14.2. The maximum absolute atomic E-state index is 9.82. The first-order chi connectivity index (χ1) is 9.79. The van der Waals surface area contributed by atoms with Crippen LogP contribution < -0.4 is 4.74 Å². The Bertz CT molecular complexity index is 604. The second-order valence-electron chi connectivity index (χ2n) is 4.13. The number of nitrogens with zero attached hydrogens (tertiary/aromatic N) is 1. The van der Waals surface area contributed by atoms with Crippen molar-refractivity contribution in [2.45, 2.75) is 6.92 Å². The van der Waals surface area contributed by atoms with E-state index in [0.717, 1.165) is 5.56 Å². The quantitative estimate of drug-likeness (QED) is 0.825. The summed E-state index contributed by atoms with van der Waals surface area (Å²) < 4.78 is 5.30. The zero-order valence-electron chi connectivity index (χ0n) is 11.4. The second kappa shape index (κ2) is 7.14. The van der Waals surface area contributed by atoms with Crippen LogP contribution in [0.5, 0.6) is 11.5 Å².